The van der Waals surface area contributed by atoms with Gasteiger partial charge in [0.1, 0.15) is 5.69 Å². The molecule has 2 N–H and O–H groups in total. The highest BCUT2D eigenvalue weighted by atomic mass is 35.5. The molecule has 1 rings (SSSR count). The van der Waals surface area contributed by atoms with Gasteiger partial charge in [-0.15, -0.1) is 0 Å². The molecule has 1 unspecified atom stereocenters. The third-order valence-corrected chi connectivity index (χ3v) is 2.16. The van der Waals surface area contributed by atoms with E-state index in [-0.39, 0.29) is 11.8 Å². The predicted octanol–water partition coefficient (Wildman–Crippen LogP) is 1.65. The van der Waals surface area contributed by atoms with Gasteiger partial charge >= 0.3 is 0 Å². The topological polar surface area (TPSA) is 60.9 Å². The highest BCUT2D eigenvalue weighted by Gasteiger charge is 2.21. The molecule has 0 saturated heterocycles. The van der Waals surface area contributed by atoms with Crippen molar-refractivity contribution in [3.8, 4) is 0 Å². The van der Waals surface area contributed by atoms with E-state index in [1.54, 1.807) is 11.6 Å². The van der Waals surface area contributed by atoms with E-state index in [0.29, 0.717) is 10.7 Å². The van der Waals surface area contributed by atoms with Gasteiger partial charge in [0.05, 0.1) is 17.3 Å². The molecular weight excluding hydrogens is 202 g/mol. The summed E-state index contributed by atoms with van der Waals surface area (Å²) in [5.41, 5.74) is 5.92. The van der Waals surface area contributed by atoms with E-state index in [1.807, 2.05) is 13.8 Å². The number of aromatic nitrogens is 2. The summed E-state index contributed by atoms with van der Waals surface area (Å²) in [5, 5.41) is 4.39. The molecule has 0 radical (unpaired) electrons. The summed E-state index contributed by atoms with van der Waals surface area (Å²) in [4.78, 5) is 11.7. The van der Waals surface area contributed by atoms with Crippen LogP contribution in [0.2, 0.25) is 5.02 Å². The molecule has 14 heavy (non-hydrogen) atoms. The minimum Gasteiger partial charge on any atom is -0.321 e. The van der Waals surface area contributed by atoms with E-state index in [0.717, 1.165) is 0 Å². The number of nitrogens with zero attached hydrogens (tertiary/aromatic N) is 2. The van der Waals surface area contributed by atoms with E-state index in [4.69, 9.17) is 17.3 Å². The third kappa shape index (κ3) is 1.96. The Kier molecular flexibility index (Phi) is 3.29. The normalized spacial score (nSPS) is 13.3. The first kappa shape index (κ1) is 11.2. The van der Waals surface area contributed by atoms with Gasteiger partial charge < -0.3 is 5.73 Å². The first-order valence-electron chi connectivity index (χ1n) is 4.48. The fourth-order valence-corrected chi connectivity index (χ4v) is 1.40. The number of carbonyl (C=O) groups excluding carboxylic acids is 1. The zero-order valence-electron chi connectivity index (χ0n) is 8.49. The number of Topliss-reactive ketones (excluding diaryl/α,β-unsaturated/α-hetero) is 1. The first-order chi connectivity index (χ1) is 6.45. The van der Waals surface area contributed by atoms with E-state index >= 15 is 0 Å². The smallest absolute Gasteiger partial charge is 0.198 e. The van der Waals surface area contributed by atoms with Gasteiger partial charge in [0.2, 0.25) is 0 Å². The highest BCUT2D eigenvalue weighted by Crippen LogP contribution is 2.19. The van der Waals surface area contributed by atoms with Gasteiger partial charge in [-0.05, 0) is 20.8 Å². The fourth-order valence-electron chi connectivity index (χ4n) is 1.18. The molecule has 78 valence electrons. The zero-order valence-corrected chi connectivity index (χ0v) is 9.25. The summed E-state index contributed by atoms with van der Waals surface area (Å²) in [5.74, 6) is -0.179. The molecule has 5 heteroatoms. The number of hydrogen-bond donors (Lipinski definition) is 1. The van der Waals surface area contributed by atoms with Crippen molar-refractivity contribution in [2.45, 2.75) is 32.9 Å². The molecule has 0 fully saturated rings. The monoisotopic (exact) mass is 215 g/mol. The van der Waals surface area contributed by atoms with Gasteiger partial charge in [-0.25, -0.2) is 0 Å². The standard InChI is InChI=1S/C9H14ClN3O/c1-5(2)13-8(7(10)4-12-13)9(14)6(3)11/h4-6H,11H2,1-3H3. The minimum atomic E-state index is -0.554. The van der Waals surface area contributed by atoms with E-state index in [9.17, 15) is 4.79 Å². The molecule has 0 saturated carbocycles. The van der Waals surface area contributed by atoms with Crippen LogP contribution in [0.3, 0.4) is 0 Å². The maximum absolute atomic E-state index is 11.7. The van der Waals surface area contributed by atoms with E-state index < -0.39 is 6.04 Å². The average molecular weight is 216 g/mol. The summed E-state index contributed by atoms with van der Waals surface area (Å²) >= 11 is 5.87. The summed E-state index contributed by atoms with van der Waals surface area (Å²) in [6.45, 7) is 5.50. The molecule has 1 atom stereocenters. The Hall–Kier alpha value is -0.870. The van der Waals surface area contributed by atoms with Crippen molar-refractivity contribution in [3.63, 3.8) is 0 Å². The van der Waals surface area contributed by atoms with Crippen LogP contribution < -0.4 is 5.73 Å². The van der Waals surface area contributed by atoms with Gasteiger partial charge in [0, 0.05) is 6.04 Å². The number of nitrogens with two attached hydrogens (primary N) is 1. The summed E-state index contributed by atoms with van der Waals surface area (Å²) in [7, 11) is 0. The number of hydrogen-bond acceptors (Lipinski definition) is 3. The number of ketones is 1. The fraction of sp³-hybridized carbons (Fsp3) is 0.556. The van der Waals surface area contributed by atoms with Crippen LogP contribution >= 0.6 is 11.6 Å². The lowest BCUT2D eigenvalue weighted by Gasteiger charge is -2.11. The molecule has 0 spiro atoms. The van der Waals surface area contributed by atoms with Crippen LogP contribution in [-0.2, 0) is 0 Å². The van der Waals surface area contributed by atoms with Crippen LogP contribution in [0.15, 0.2) is 6.20 Å². The maximum atomic E-state index is 11.7. The minimum absolute atomic E-state index is 0.0974. The lowest BCUT2D eigenvalue weighted by atomic mass is 10.1. The lowest BCUT2D eigenvalue weighted by Crippen LogP contribution is -2.29. The van der Waals surface area contributed by atoms with Gasteiger partial charge in [0.15, 0.2) is 5.78 Å². The van der Waals surface area contributed by atoms with Gasteiger partial charge in [-0.1, -0.05) is 11.6 Å². The van der Waals surface area contributed by atoms with Gasteiger partial charge in [0.25, 0.3) is 0 Å². The molecule has 0 aliphatic rings. The quantitative estimate of drug-likeness (QED) is 0.780. The van der Waals surface area contributed by atoms with Crippen molar-refractivity contribution in [1.82, 2.24) is 9.78 Å². The molecule has 1 aromatic heterocycles. The molecule has 1 aromatic rings. The Bertz CT molecular complexity index is 344. The summed E-state index contributed by atoms with van der Waals surface area (Å²) in [6.07, 6.45) is 1.47. The third-order valence-electron chi connectivity index (χ3n) is 1.89. The van der Waals surface area contributed by atoms with Crippen molar-refractivity contribution < 1.29 is 4.79 Å². The van der Waals surface area contributed by atoms with Crippen molar-refractivity contribution in [1.29, 1.82) is 0 Å². The van der Waals surface area contributed by atoms with Crippen molar-refractivity contribution >= 4 is 17.4 Å². The second-order valence-electron chi connectivity index (χ2n) is 3.53. The SMILES string of the molecule is CC(N)C(=O)c1c(Cl)cnn1C(C)C. The number of rotatable bonds is 3. The zero-order chi connectivity index (χ0) is 10.9. The predicted molar refractivity (Wildman–Crippen MR) is 55.6 cm³/mol. The van der Waals surface area contributed by atoms with Gasteiger partial charge in [-0.3, -0.25) is 9.48 Å². The maximum Gasteiger partial charge on any atom is 0.198 e. The second-order valence-corrected chi connectivity index (χ2v) is 3.94. The number of halogens is 1. The largest absolute Gasteiger partial charge is 0.321 e. The van der Waals surface area contributed by atoms with Crippen molar-refractivity contribution in [2.75, 3.05) is 0 Å². The Labute approximate surface area is 88.0 Å². The van der Waals surface area contributed by atoms with Crippen LogP contribution in [-0.4, -0.2) is 21.6 Å². The van der Waals surface area contributed by atoms with Crippen molar-refractivity contribution in [2.24, 2.45) is 5.73 Å². The highest BCUT2D eigenvalue weighted by molar-refractivity contribution is 6.33. The lowest BCUT2D eigenvalue weighted by molar-refractivity contribution is 0.0955. The Morgan fingerprint density at radius 2 is 2.14 bits per heavy atom. The molecular formula is C9H14ClN3O. The Balaban J connectivity index is 3.17. The summed E-state index contributed by atoms with van der Waals surface area (Å²) < 4.78 is 1.59. The van der Waals surface area contributed by atoms with E-state index in [1.165, 1.54) is 6.20 Å². The molecule has 4 nitrogen and oxygen atoms in total. The van der Waals surface area contributed by atoms with Crippen LogP contribution in [0.1, 0.15) is 37.3 Å². The molecule has 0 bridgehead atoms. The molecule has 0 aliphatic heterocycles. The molecule has 0 amide bonds. The molecule has 0 aliphatic carbocycles. The van der Waals surface area contributed by atoms with Crippen LogP contribution in [0.25, 0.3) is 0 Å². The van der Waals surface area contributed by atoms with Crippen molar-refractivity contribution in [3.05, 3.63) is 16.9 Å². The second kappa shape index (κ2) is 4.11. The van der Waals surface area contributed by atoms with Gasteiger partial charge in [-0.2, -0.15) is 5.10 Å². The Morgan fingerprint density at radius 1 is 1.57 bits per heavy atom. The average Bonchev–Trinajstić information content (AvgIpc) is 2.45. The molecule has 1 heterocycles. The Morgan fingerprint density at radius 3 is 2.57 bits per heavy atom. The van der Waals surface area contributed by atoms with Crippen LogP contribution in [0.4, 0.5) is 0 Å². The number of carbonyl (C=O) groups is 1. The first-order valence-corrected chi connectivity index (χ1v) is 4.85. The van der Waals surface area contributed by atoms with E-state index in [2.05, 4.69) is 5.10 Å². The van der Waals surface area contributed by atoms with Crippen LogP contribution in [0.5, 0.6) is 0 Å². The summed E-state index contributed by atoms with van der Waals surface area (Å²) in [6, 6.07) is -0.457. The van der Waals surface area contributed by atoms with Crippen LogP contribution in [0, 0.1) is 0 Å². The molecule has 0 aromatic carbocycles.